The van der Waals surface area contributed by atoms with Crippen LogP contribution >= 0.6 is 11.8 Å². The molecule has 0 aliphatic carbocycles. The third kappa shape index (κ3) is 3.98. The Kier molecular flexibility index (Phi) is 5.08. The largest absolute Gasteiger partial charge is 0.387 e. The number of benzene rings is 2. The van der Waals surface area contributed by atoms with Crippen molar-refractivity contribution >= 4 is 22.5 Å². The van der Waals surface area contributed by atoms with Gasteiger partial charge in [-0.05, 0) is 42.5 Å². The van der Waals surface area contributed by atoms with Crippen LogP contribution in [0.25, 0.3) is 10.8 Å². The van der Waals surface area contributed by atoms with Crippen molar-refractivity contribution in [2.75, 3.05) is 19.3 Å². The smallest absolute Gasteiger partial charge is 0.0914 e. The van der Waals surface area contributed by atoms with Crippen molar-refractivity contribution in [3.8, 4) is 0 Å². The van der Waals surface area contributed by atoms with E-state index in [1.807, 2.05) is 30.0 Å². The van der Waals surface area contributed by atoms with Crippen LogP contribution in [0.15, 0.2) is 42.5 Å². The Labute approximate surface area is 125 Å². The summed E-state index contributed by atoms with van der Waals surface area (Å²) in [5, 5.41) is 16.0. The molecule has 0 aromatic heterocycles. The van der Waals surface area contributed by atoms with Crippen LogP contribution < -0.4 is 5.32 Å². The molecule has 108 valence electrons. The molecule has 1 atom stereocenters. The predicted molar refractivity (Wildman–Crippen MR) is 89.4 cm³/mol. The van der Waals surface area contributed by atoms with E-state index in [-0.39, 0.29) is 4.75 Å². The topological polar surface area (TPSA) is 32.3 Å². The number of nitrogens with one attached hydrogen (secondary N) is 1. The minimum Gasteiger partial charge on any atom is -0.387 e. The Balaban J connectivity index is 1.99. The fourth-order valence-corrected chi connectivity index (χ4v) is 2.36. The molecule has 20 heavy (non-hydrogen) atoms. The summed E-state index contributed by atoms with van der Waals surface area (Å²) in [7, 11) is 0. The van der Waals surface area contributed by atoms with E-state index in [2.05, 4.69) is 49.7 Å². The highest BCUT2D eigenvalue weighted by atomic mass is 32.2. The molecule has 0 saturated heterocycles. The maximum atomic E-state index is 10.3. The molecule has 0 fully saturated rings. The lowest BCUT2D eigenvalue weighted by molar-refractivity contribution is 0.174. The second-order valence-corrected chi connectivity index (χ2v) is 7.23. The van der Waals surface area contributed by atoms with Crippen LogP contribution in [0.1, 0.15) is 25.5 Å². The van der Waals surface area contributed by atoms with Gasteiger partial charge < -0.3 is 10.4 Å². The Morgan fingerprint density at radius 1 is 1.15 bits per heavy atom. The van der Waals surface area contributed by atoms with Gasteiger partial charge in [-0.3, -0.25) is 0 Å². The molecule has 1 unspecified atom stereocenters. The Morgan fingerprint density at radius 2 is 1.85 bits per heavy atom. The fraction of sp³-hybridized carbons (Fsp3) is 0.412. The molecule has 0 radical (unpaired) electrons. The molecule has 0 heterocycles. The van der Waals surface area contributed by atoms with Crippen LogP contribution in [0.5, 0.6) is 0 Å². The van der Waals surface area contributed by atoms with Gasteiger partial charge in [0.2, 0.25) is 0 Å². The molecule has 0 bridgehead atoms. The highest BCUT2D eigenvalue weighted by Gasteiger charge is 2.16. The number of hydrogen-bond donors (Lipinski definition) is 2. The van der Waals surface area contributed by atoms with Gasteiger partial charge in [0, 0.05) is 17.8 Å². The number of rotatable bonds is 6. The first-order valence-corrected chi connectivity index (χ1v) is 8.17. The lowest BCUT2D eigenvalue weighted by Crippen LogP contribution is -2.34. The van der Waals surface area contributed by atoms with Gasteiger partial charge in [-0.1, -0.05) is 36.4 Å². The average Bonchev–Trinajstić information content (AvgIpc) is 2.46. The first-order chi connectivity index (χ1) is 9.52. The van der Waals surface area contributed by atoms with Crippen LogP contribution in [0.3, 0.4) is 0 Å². The minimum atomic E-state index is -0.461. The summed E-state index contributed by atoms with van der Waals surface area (Å²) in [6, 6.07) is 14.4. The Hall–Kier alpha value is -1.03. The third-order valence-corrected chi connectivity index (χ3v) is 4.85. The van der Waals surface area contributed by atoms with Gasteiger partial charge >= 0.3 is 0 Å². The first-order valence-electron chi connectivity index (χ1n) is 6.94. The monoisotopic (exact) mass is 289 g/mol. The molecule has 0 saturated carbocycles. The maximum absolute atomic E-state index is 10.3. The first kappa shape index (κ1) is 15.4. The average molecular weight is 289 g/mol. The van der Waals surface area contributed by atoms with E-state index in [4.69, 9.17) is 0 Å². The zero-order valence-corrected chi connectivity index (χ0v) is 13.2. The molecular formula is C17H23NOS. The van der Waals surface area contributed by atoms with Gasteiger partial charge in [0.05, 0.1) is 6.10 Å². The summed E-state index contributed by atoms with van der Waals surface area (Å²) in [5.74, 6) is 0. The fourth-order valence-electron chi connectivity index (χ4n) is 2.12. The molecule has 3 heteroatoms. The summed E-state index contributed by atoms with van der Waals surface area (Å²) in [6.07, 6.45) is 1.65. The van der Waals surface area contributed by atoms with Gasteiger partial charge in [0.25, 0.3) is 0 Å². The van der Waals surface area contributed by atoms with Crippen LogP contribution in [0, 0.1) is 0 Å². The van der Waals surface area contributed by atoms with Crippen molar-refractivity contribution in [2.24, 2.45) is 0 Å². The van der Waals surface area contributed by atoms with Crippen LogP contribution in [-0.4, -0.2) is 29.2 Å². The molecule has 0 spiro atoms. The Morgan fingerprint density at radius 3 is 2.55 bits per heavy atom. The summed E-state index contributed by atoms with van der Waals surface area (Å²) in [4.78, 5) is 0. The molecular weight excluding hydrogens is 266 g/mol. The van der Waals surface area contributed by atoms with Crippen molar-refractivity contribution < 1.29 is 5.11 Å². The lowest BCUT2D eigenvalue weighted by atomic mass is 10.0. The van der Waals surface area contributed by atoms with E-state index in [1.165, 1.54) is 10.8 Å². The highest BCUT2D eigenvalue weighted by Crippen LogP contribution is 2.22. The molecule has 2 N–H and O–H groups in total. The number of aliphatic hydroxyl groups excluding tert-OH is 1. The second kappa shape index (κ2) is 6.61. The van der Waals surface area contributed by atoms with Crippen LogP contribution in [-0.2, 0) is 0 Å². The van der Waals surface area contributed by atoms with E-state index < -0.39 is 6.10 Å². The van der Waals surface area contributed by atoms with Crippen molar-refractivity contribution in [1.82, 2.24) is 5.32 Å². The molecule has 0 amide bonds. The van der Waals surface area contributed by atoms with E-state index >= 15 is 0 Å². The van der Waals surface area contributed by atoms with Gasteiger partial charge in [-0.2, -0.15) is 11.8 Å². The summed E-state index contributed by atoms with van der Waals surface area (Å²) < 4.78 is 0.198. The molecule has 0 aliphatic rings. The normalized spacial score (nSPS) is 13.6. The van der Waals surface area contributed by atoms with Gasteiger partial charge in [0.15, 0.2) is 0 Å². The summed E-state index contributed by atoms with van der Waals surface area (Å²) >= 11 is 1.83. The lowest BCUT2D eigenvalue weighted by Gasteiger charge is -2.23. The number of aliphatic hydroxyl groups is 1. The van der Waals surface area contributed by atoms with Gasteiger partial charge in [-0.15, -0.1) is 0 Å². The highest BCUT2D eigenvalue weighted by molar-refractivity contribution is 7.99. The van der Waals surface area contributed by atoms with E-state index in [9.17, 15) is 5.11 Å². The quantitative estimate of drug-likeness (QED) is 0.852. The molecule has 2 rings (SSSR count). The Bertz CT molecular complexity index is 568. The standard InChI is InChI=1S/C17H23NOS/c1-17(2,20-3)12-18-11-16(19)15-9-8-13-6-4-5-7-14(13)10-15/h4-10,16,18-19H,11-12H2,1-3H3. The predicted octanol–water partition coefficient (Wildman–Crippen LogP) is 3.60. The van der Waals surface area contributed by atoms with Crippen molar-refractivity contribution in [1.29, 1.82) is 0 Å². The summed E-state index contributed by atoms with van der Waals surface area (Å²) in [5.41, 5.74) is 0.971. The van der Waals surface area contributed by atoms with Gasteiger partial charge in [-0.25, -0.2) is 0 Å². The molecule has 2 aromatic rings. The van der Waals surface area contributed by atoms with E-state index in [1.54, 1.807) is 0 Å². The molecule has 2 aromatic carbocycles. The third-order valence-electron chi connectivity index (χ3n) is 3.60. The number of thioether (sulfide) groups is 1. The van der Waals surface area contributed by atoms with Crippen molar-refractivity contribution in [3.05, 3.63) is 48.0 Å². The minimum absolute atomic E-state index is 0.198. The molecule has 2 nitrogen and oxygen atoms in total. The van der Waals surface area contributed by atoms with Gasteiger partial charge in [0.1, 0.15) is 0 Å². The second-order valence-electron chi connectivity index (χ2n) is 5.72. The maximum Gasteiger partial charge on any atom is 0.0914 e. The van der Waals surface area contributed by atoms with Crippen LogP contribution in [0.2, 0.25) is 0 Å². The van der Waals surface area contributed by atoms with E-state index in [0.717, 1.165) is 12.1 Å². The molecule has 0 aliphatic heterocycles. The van der Waals surface area contributed by atoms with Crippen LogP contribution in [0.4, 0.5) is 0 Å². The zero-order chi connectivity index (χ0) is 14.6. The number of hydrogen-bond acceptors (Lipinski definition) is 3. The van der Waals surface area contributed by atoms with Crippen molar-refractivity contribution in [3.63, 3.8) is 0 Å². The number of fused-ring (bicyclic) bond motifs is 1. The van der Waals surface area contributed by atoms with E-state index in [0.29, 0.717) is 6.54 Å². The zero-order valence-electron chi connectivity index (χ0n) is 12.4. The summed E-state index contributed by atoms with van der Waals surface area (Å²) in [6.45, 7) is 5.88. The van der Waals surface area contributed by atoms with Crippen molar-refractivity contribution in [2.45, 2.75) is 24.7 Å². The SMILES string of the molecule is CSC(C)(C)CNCC(O)c1ccc2ccccc2c1.